The molecular weight excluding hydrogens is 322 g/mol. The molecule has 0 saturated heterocycles. The lowest BCUT2D eigenvalue weighted by Gasteiger charge is -2.12. The van der Waals surface area contributed by atoms with Crippen molar-refractivity contribution in [3.8, 4) is 11.1 Å². The summed E-state index contributed by atoms with van der Waals surface area (Å²) in [4.78, 5) is 16.5. The third kappa shape index (κ3) is 2.91. The number of carbonyl (C=O) groups excluding carboxylic acids is 1. The zero-order valence-electron chi connectivity index (χ0n) is 14.4. The van der Waals surface area contributed by atoms with Crippen LogP contribution >= 0.6 is 0 Å². The number of aromatic nitrogens is 1. The van der Waals surface area contributed by atoms with E-state index in [1.165, 1.54) is 0 Å². The number of hydrogen-bond donors (Lipinski definition) is 2. The SMILES string of the molecule is CC(N)C(=O)Nc1ccc(-c2c3ccccc3nc3ccccc23)cc1. The van der Waals surface area contributed by atoms with E-state index in [1.54, 1.807) is 6.92 Å². The second kappa shape index (κ2) is 6.58. The molecule has 0 spiro atoms. The molecule has 0 aliphatic carbocycles. The van der Waals surface area contributed by atoms with Gasteiger partial charge in [-0.25, -0.2) is 4.98 Å². The molecule has 3 N–H and O–H groups in total. The molecule has 0 fully saturated rings. The van der Waals surface area contributed by atoms with Crippen molar-refractivity contribution in [2.24, 2.45) is 5.73 Å². The molecule has 0 aliphatic heterocycles. The number of amides is 1. The van der Waals surface area contributed by atoms with Crippen LogP contribution in [0, 0.1) is 0 Å². The summed E-state index contributed by atoms with van der Waals surface area (Å²) in [5.41, 5.74) is 10.5. The highest BCUT2D eigenvalue weighted by atomic mass is 16.2. The number of fused-ring (bicyclic) bond motifs is 2. The van der Waals surface area contributed by atoms with E-state index in [1.807, 2.05) is 60.7 Å². The Morgan fingerprint density at radius 1 is 0.885 bits per heavy atom. The van der Waals surface area contributed by atoms with Gasteiger partial charge in [-0.3, -0.25) is 4.79 Å². The van der Waals surface area contributed by atoms with Crippen LogP contribution in [0.5, 0.6) is 0 Å². The van der Waals surface area contributed by atoms with E-state index in [2.05, 4.69) is 17.4 Å². The van der Waals surface area contributed by atoms with E-state index in [4.69, 9.17) is 10.7 Å². The Morgan fingerprint density at radius 3 is 1.96 bits per heavy atom. The van der Waals surface area contributed by atoms with Crippen LogP contribution in [-0.4, -0.2) is 16.9 Å². The number of nitrogens with one attached hydrogen (secondary N) is 1. The van der Waals surface area contributed by atoms with Crippen LogP contribution in [-0.2, 0) is 4.79 Å². The summed E-state index contributed by atoms with van der Waals surface area (Å²) in [5.74, 6) is -0.197. The summed E-state index contributed by atoms with van der Waals surface area (Å²) >= 11 is 0. The normalized spacial score (nSPS) is 12.2. The topological polar surface area (TPSA) is 68.0 Å². The van der Waals surface area contributed by atoms with Crippen molar-refractivity contribution in [2.45, 2.75) is 13.0 Å². The van der Waals surface area contributed by atoms with E-state index in [0.29, 0.717) is 0 Å². The molecule has 0 bridgehead atoms. The minimum absolute atomic E-state index is 0.197. The highest BCUT2D eigenvalue weighted by Gasteiger charge is 2.12. The minimum atomic E-state index is -0.539. The molecule has 1 heterocycles. The van der Waals surface area contributed by atoms with E-state index < -0.39 is 6.04 Å². The number of carbonyl (C=O) groups is 1. The third-order valence-corrected chi connectivity index (χ3v) is 4.44. The van der Waals surface area contributed by atoms with E-state index in [0.717, 1.165) is 38.6 Å². The van der Waals surface area contributed by atoms with Crippen LogP contribution in [0.1, 0.15) is 6.92 Å². The van der Waals surface area contributed by atoms with Gasteiger partial charge in [0.05, 0.1) is 17.1 Å². The minimum Gasteiger partial charge on any atom is -0.325 e. The molecule has 1 aromatic heterocycles. The molecule has 1 unspecified atom stereocenters. The van der Waals surface area contributed by atoms with Crippen molar-refractivity contribution < 1.29 is 4.79 Å². The van der Waals surface area contributed by atoms with Gasteiger partial charge in [-0.2, -0.15) is 0 Å². The second-order valence-corrected chi connectivity index (χ2v) is 6.38. The van der Waals surface area contributed by atoms with Crippen LogP contribution in [0.3, 0.4) is 0 Å². The maximum Gasteiger partial charge on any atom is 0.240 e. The lowest BCUT2D eigenvalue weighted by Crippen LogP contribution is -2.32. The van der Waals surface area contributed by atoms with Gasteiger partial charge in [-0.05, 0) is 36.8 Å². The average Bonchev–Trinajstić information content (AvgIpc) is 2.66. The molecule has 0 aliphatic rings. The standard InChI is InChI=1S/C22H19N3O/c1-14(23)22(26)24-16-12-10-15(11-13-16)21-17-6-2-4-8-19(17)25-20-9-5-3-7-18(20)21/h2-14H,23H2,1H3,(H,24,26). The molecule has 4 heteroatoms. The van der Waals surface area contributed by atoms with Gasteiger partial charge >= 0.3 is 0 Å². The van der Waals surface area contributed by atoms with Crippen LogP contribution in [0.2, 0.25) is 0 Å². The van der Waals surface area contributed by atoms with E-state index in [-0.39, 0.29) is 5.91 Å². The molecule has 1 amide bonds. The first kappa shape index (κ1) is 16.2. The van der Waals surface area contributed by atoms with Gasteiger partial charge in [0.15, 0.2) is 0 Å². The van der Waals surface area contributed by atoms with Gasteiger partial charge in [0.1, 0.15) is 0 Å². The Balaban J connectivity index is 1.86. The summed E-state index contributed by atoms with van der Waals surface area (Å²) in [7, 11) is 0. The van der Waals surface area contributed by atoms with Crippen LogP contribution in [0.15, 0.2) is 72.8 Å². The number of para-hydroxylation sites is 2. The second-order valence-electron chi connectivity index (χ2n) is 6.38. The first-order valence-corrected chi connectivity index (χ1v) is 8.58. The lowest BCUT2D eigenvalue weighted by atomic mass is 9.96. The van der Waals surface area contributed by atoms with Crippen molar-refractivity contribution in [3.63, 3.8) is 0 Å². The number of nitrogens with two attached hydrogens (primary N) is 1. The Kier molecular flexibility index (Phi) is 4.11. The largest absolute Gasteiger partial charge is 0.325 e. The molecule has 4 aromatic rings. The monoisotopic (exact) mass is 341 g/mol. The van der Waals surface area contributed by atoms with Gasteiger partial charge in [0.2, 0.25) is 5.91 Å². The van der Waals surface area contributed by atoms with Crippen LogP contribution < -0.4 is 11.1 Å². The number of anilines is 1. The van der Waals surface area contributed by atoms with Crippen molar-refractivity contribution in [1.82, 2.24) is 4.98 Å². The lowest BCUT2D eigenvalue weighted by molar-refractivity contribution is -0.117. The van der Waals surface area contributed by atoms with Gasteiger partial charge in [-0.1, -0.05) is 48.5 Å². The summed E-state index contributed by atoms with van der Waals surface area (Å²) < 4.78 is 0. The smallest absolute Gasteiger partial charge is 0.240 e. The van der Waals surface area contributed by atoms with Gasteiger partial charge in [0.25, 0.3) is 0 Å². The average molecular weight is 341 g/mol. The van der Waals surface area contributed by atoms with Crippen molar-refractivity contribution in [1.29, 1.82) is 0 Å². The molecule has 4 rings (SSSR count). The quantitative estimate of drug-likeness (QED) is 0.545. The zero-order chi connectivity index (χ0) is 18.1. The summed E-state index contributed by atoms with van der Waals surface area (Å²) in [5, 5.41) is 5.04. The molecule has 4 nitrogen and oxygen atoms in total. The van der Waals surface area contributed by atoms with Crippen molar-refractivity contribution >= 4 is 33.4 Å². The first-order chi connectivity index (χ1) is 12.6. The predicted octanol–water partition coefficient (Wildman–Crippen LogP) is 4.34. The first-order valence-electron chi connectivity index (χ1n) is 8.58. The van der Waals surface area contributed by atoms with Gasteiger partial charge in [0, 0.05) is 22.0 Å². The summed E-state index contributed by atoms with van der Waals surface area (Å²) in [6.07, 6.45) is 0. The maximum atomic E-state index is 11.8. The Morgan fingerprint density at radius 2 is 1.42 bits per heavy atom. The highest BCUT2D eigenvalue weighted by Crippen LogP contribution is 2.35. The maximum absolute atomic E-state index is 11.8. The predicted molar refractivity (Wildman–Crippen MR) is 107 cm³/mol. The molecule has 26 heavy (non-hydrogen) atoms. The number of rotatable bonds is 3. The fraction of sp³-hybridized carbons (Fsp3) is 0.0909. The molecule has 128 valence electrons. The number of nitrogens with zero attached hydrogens (tertiary/aromatic N) is 1. The summed E-state index contributed by atoms with van der Waals surface area (Å²) in [6.45, 7) is 1.67. The van der Waals surface area contributed by atoms with Gasteiger partial charge in [-0.15, -0.1) is 0 Å². The zero-order valence-corrected chi connectivity index (χ0v) is 14.4. The Hall–Kier alpha value is -3.24. The molecule has 3 aromatic carbocycles. The molecule has 0 radical (unpaired) electrons. The molecule has 1 atom stereocenters. The van der Waals surface area contributed by atoms with E-state index in [9.17, 15) is 4.79 Å². The van der Waals surface area contributed by atoms with E-state index >= 15 is 0 Å². The fourth-order valence-corrected chi connectivity index (χ4v) is 3.13. The van der Waals surface area contributed by atoms with Crippen molar-refractivity contribution in [2.75, 3.05) is 5.32 Å². The Labute approximate surface area is 151 Å². The Bertz CT molecular complexity index is 1050. The number of pyridine rings is 1. The van der Waals surface area contributed by atoms with Crippen LogP contribution in [0.4, 0.5) is 5.69 Å². The van der Waals surface area contributed by atoms with Gasteiger partial charge < -0.3 is 11.1 Å². The summed E-state index contributed by atoms with van der Waals surface area (Å²) in [6, 6.07) is 23.6. The fourth-order valence-electron chi connectivity index (χ4n) is 3.13. The van der Waals surface area contributed by atoms with Crippen LogP contribution in [0.25, 0.3) is 32.9 Å². The number of benzene rings is 3. The molecule has 0 saturated carbocycles. The third-order valence-electron chi connectivity index (χ3n) is 4.44. The number of hydrogen-bond acceptors (Lipinski definition) is 3. The highest BCUT2D eigenvalue weighted by molar-refractivity contribution is 6.09. The van der Waals surface area contributed by atoms with Crippen molar-refractivity contribution in [3.05, 3.63) is 72.8 Å². The molecular formula is C22H19N3O.